The molecule has 1 aliphatic carbocycles. The van der Waals surface area contributed by atoms with Gasteiger partial charge in [-0.25, -0.2) is 0 Å². The Morgan fingerprint density at radius 2 is 1.61 bits per heavy atom. The Bertz CT molecular complexity index is 894. The van der Waals surface area contributed by atoms with Crippen LogP contribution >= 0.6 is 0 Å². The van der Waals surface area contributed by atoms with Gasteiger partial charge in [-0.05, 0) is 50.5 Å². The zero-order chi connectivity index (χ0) is 23.8. The summed E-state index contributed by atoms with van der Waals surface area (Å²) in [6.07, 6.45) is 2.48. The highest BCUT2D eigenvalue weighted by Crippen LogP contribution is 2.29. The number of carbonyl (C=O) groups is 2. The topological polar surface area (TPSA) is 71.1 Å². The van der Waals surface area contributed by atoms with Gasteiger partial charge in [0.15, 0.2) is 0 Å². The molecule has 0 bridgehead atoms. The van der Waals surface area contributed by atoms with E-state index in [1.54, 1.807) is 20.8 Å². The molecule has 0 aliphatic heterocycles. The molecule has 1 aliphatic rings. The van der Waals surface area contributed by atoms with Crippen molar-refractivity contribution in [1.29, 1.82) is 0 Å². The minimum atomic E-state index is -0.593. The summed E-state index contributed by atoms with van der Waals surface area (Å²) in [5.74, 6) is -0.637. The van der Waals surface area contributed by atoms with E-state index in [1.807, 2.05) is 42.5 Å². The molecule has 2 aromatic rings. The lowest BCUT2D eigenvalue weighted by atomic mass is 9.91. The van der Waals surface area contributed by atoms with Crippen molar-refractivity contribution in [2.75, 3.05) is 7.11 Å². The van der Waals surface area contributed by atoms with Crippen molar-refractivity contribution in [3.63, 3.8) is 0 Å². The number of carbonyl (C=O) groups excluding carboxylic acids is 2. The second-order valence-corrected chi connectivity index (χ2v) is 9.49. The van der Waals surface area contributed by atoms with Gasteiger partial charge in [0.2, 0.25) is 0 Å². The molecule has 2 aromatic carbocycles. The predicted molar refractivity (Wildman–Crippen MR) is 125 cm³/mol. The first-order chi connectivity index (χ1) is 15.7. The van der Waals surface area contributed by atoms with Crippen LogP contribution in [-0.4, -0.2) is 36.9 Å². The van der Waals surface area contributed by atoms with Crippen LogP contribution in [0.25, 0.3) is 0 Å². The van der Waals surface area contributed by atoms with Gasteiger partial charge in [-0.15, -0.1) is 0 Å². The predicted octanol–water partition coefficient (Wildman–Crippen LogP) is 4.88. The molecule has 0 amide bonds. The smallest absolute Gasteiger partial charge is 0.309 e. The molecule has 33 heavy (non-hydrogen) atoms. The quantitative estimate of drug-likeness (QED) is 0.477. The lowest BCUT2D eigenvalue weighted by Crippen LogP contribution is -2.39. The maximum Gasteiger partial charge on any atom is 0.309 e. The van der Waals surface area contributed by atoms with Gasteiger partial charge in [0.1, 0.15) is 17.5 Å². The summed E-state index contributed by atoms with van der Waals surface area (Å²) < 4.78 is 22.2. The molecule has 1 fully saturated rings. The van der Waals surface area contributed by atoms with Crippen LogP contribution in [0.5, 0.6) is 5.75 Å². The number of benzene rings is 2. The largest absolute Gasteiger partial charge is 0.490 e. The third kappa shape index (κ3) is 8.21. The number of hydrogen-bond donors (Lipinski definition) is 0. The molecule has 0 unspecified atom stereocenters. The lowest BCUT2D eigenvalue weighted by molar-refractivity contribution is -0.160. The molecule has 0 saturated heterocycles. The molecule has 6 nitrogen and oxygen atoms in total. The molecule has 0 spiro atoms. The van der Waals surface area contributed by atoms with Crippen LogP contribution in [0.3, 0.4) is 0 Å². The first kappa shape index (κ1) is 24.8. The SMILES string of the molecule is COC(=O)[C@@H](CC(=O)OC(C)(C)C)Cc1ccc(OC2CC(OCc3ccccc3)C2)cc1. The summed E-state index contributed by atoms with van der Waals surface area (Å²) >= 11 is 0. The number of rotatable bonds is 10. The standard InChI is InChI=1S/C27H34O6/c1-27(2,3)33-25(28)15-21(26(29)30-4)14-19-10-12-22(13-11-19)32-24-16-23(17-24)31-18-20-8-6-5-7-9-20/h5-13,21,23-24H,14-18H2,1-4H3/t21-,23?,24?/m1/s1. The number of hydrogen-bond acceptors (Lipinski definition) is 6. The van der Waals surface area contributed by atoms with E-state index in [-0.39, 0.29) is 18.6 Å². The van der Waals surface area contributed by atoms with E-state index in [1.165, 1.54) is 12.7 Å². The van der Waals surface area contributed by atoms with Gasteiger partial charge in [-0.2, -0.15) is 0 Å². The van der Waals surface area contributed by atoms with Gasteiger partial charge in [0, 0.05) is 12.8 Å². The van der Waals surface area contributed by atoms with Crippen molar-refractivity contribution in [3.05, 3.63) is 65.7 Å². The minimum absolute atomic E-state index is 0.0192. The van der Waals surface area contributed by atoms with E-state index in [0.717, 1.165) is 24.2 Å². The van der Waals surface area contributed by atoms with Gasteiger partial charge in [-0.1, -0.05) is 42.5 Å². The Morgan fingerprint density at radius 1 is 0.939 bits per heavy atom. The molecule has 0 heterocycles. The second-order valence-electron chi connectivity index (χ2n) is 9.49. The van der Waals surface area contributed by atoms with Crippen molar-refractivity contribution >= 4 is 11.9 Å². The summed E-state index contributed by atoms with van der Waals surface area (Å²) in [6, 6.07) is 17.8. The molecule has 6 heteroatoms. The maximum absolute atomic E-state index is 12.2. The van der Waals surface area contributed by atoms with Gasteiger partial charge in [0.25, 0.3) is 0 Å². The van der Waals surface area contributed by atoms with Crippen LogP contribution in [0.15, 0.2) is 54.6 Å². The number of esters is 2. The highest BCUT2D eigenvalue weighted by molar-refractivity contribution is 5.80. The van der Waals surface area contributed by atoms with Crippen molar-refractivity contribution in [1.82, 2.24) is 0 Å². The fraction of sp³-hybridized carbons (Fsp3) is 0.481. The van der Waals surface area contributed by atoms with E-state index in [4.69, 9.17) is 18.9 Å². The average molecular weight is 455 g/mol. The third-order valence-electron chi connectivity index (χ3n) is 5.46. The van der Waals surface area contributed by atoms with Crippen LogP contribution in [-0.2, 0) is 36.8 Å². The Kier molecular flexibility index (Phi) is 8.50. The first-order valence-electron chi connectivity index (χ1n) is 11.4. The van der Waals surface area contributed by atoms with Gasteiger partial charge in [-0.3, -0.25) is 9.59 Å². The van der Waals surface area contributed by atoms with Gasteiger partial charge < -0.3 is 18.9 Å². The third-order valence-corrected chi connectivity index (χ3v) is 5.46. The lowest BCUT2D eigenvalue weighted by Gasteiger charge is -2.35. The van der Waals surface area contributed by atoms with Crippen LogP contribution in [0.4, 0.5) is 0 Å². The zero-order valence-electron chi connectivity index (χ0n) is 19.9. The molecule has 1 saturated carbocycles. The zero-order valence-corrected chi connectivity index (χ0v) is 19.9. The molecular formula is C27H34O6. The first-order valence-corrected chi connectivity index (χ1v) is 11.4. The Balaban J connectivity index is 1.45. The van der Waals surface area contributed by atoms with Crippen LogP contribution in [0.1, 0.15) is 51.2 Å². The van der Waals surface area contributed by atoms with Crippen LogP contribution in [0, 0.1) is 5.92 Å². The van der Waals surface area contributed by atoms with Gasteiger partial charge >= 0.3 is 11.9 Å². The monoisotopic (exact) mass is 454 g/mol. The summed E-state index contributed by atoms with van der Waals surface area (Å²) in [5.41, 5.74) is 1.51. The molecule has 1 atom stereocenters. The Hall–Kier alpha value is -2.86. The second kappa shape index (κ2) is 11.3. The normalized spacial score (nSPS) is 18.7. The van der Waals surface area contributed by atoms with E-state index in [9.17, 15) is 9.59 Å². The molecule has 0 radical (unpaired) electrons. The molecule has 0 aromatic heterocycles. The van der Waals surface area contributed by atoms with Crippen LogP contribution < -0.4 is 4.74 Å². The molecule has 178 valence electrons. The molecule has 3 rings (SSSR count). The highest BCUT2D eigenvalue weighted by Gasteiger charge is 2.32. The summed E-state index contributed by atoms with van der Waals surface area (Å²) in [5, 5.41) is 0. The fourth-order valence-corrected chi connectivity index (χ4v) is 3.71. The van der Waals surface area contributed by atoms with Crippen molar-refractivity contribution in [2.45, 2.75) is 70.9 Å². The number of methoxy groups -OCH3 is 1. The van der Waals surface area contributed by atoms with Crippen molar-refractivity contribution < 1.29 is 28.5 Å². The summed E-state index contributed by atoms with van der Waals surface area (Å²) in [7, 11) is 1.33. The van der Waals surface area contributed by atoms with Gasteiger partial charge in [0.05, 0.1) is 32.2 Å². The average Bonchev–Trinajstić information content (AvgIpc) is 2.74. The Morgan fingerprint density at radius 3 is 2.21 bits per heavy atom. The van der Waals surface area contributed by atoms with Crippen molar-refractivity contribution in [3.8, 4) is 5.75 Å². The molecule has 0 N–H and O–H groups in total. The highest BCUT2D eigenvalue weighted by atomic mass is 16.6. The Labute approximate surface area is 196 Å². The van der Waals surface area contributed by atoms with E-state index in [2.05, 4.69) is 12.1 Å². The van der Waals surface area contributed by atoms with E-state index >= 15 is 0 Å². The maximum atomic E-state index is 12.2. The molecular weight excluding hydrogens is 420 g/mol. The van der Waals surface area contributed by atoms with E-state index in [0.29, 0.717) is 13.0 Å². The summed E-state index contributed by atoms with van der Waals surface area (Å²) in [4.78, 5) is 24.4. The fourth-order valence-electron chi connectivity index (χ4n) is 3.71. The summed E-state index contributed by atoms with van der Waals surface area (Å²) in [6.45, 7) is 6.03. The van der Waals surface area contributed by atoms with Crippen molar-refractivity contribution in [2.24, 2.45) is 5.92 Å². The van der Waals surface area contributed by atoms with Crippen LogP contribution in [0.2, 0.25) is 0 Å². The minimum Gasteiger partial charge on any atom is -0.490 e. The van der Waals surface area contributed by atoms with E-state index < -0.39 is 23.5 Å². The number of ether oxygens (including phenoxy) is 4.